The van der Waals surface area contributed by atoms with Crippen molar-refractivity contribution >= 4 is 21.4 Å². The van der Waals surface area contributed by atoms with Crippen LogP contribution in [0.5, 0.6) is 5.75 Å². The van der Waals surface area contributed by atoms with Gasteiger partial charge in [0.25, 0.3) is 5.69 Å². The van der Waals surface area contributed by atoms with E-state index in [1.807, 2.05) is 62.3 Å². The molecule has 0 radical (unpaired) electrons. The Balaban J connectivity index is 2.27. The number of nitrogens with zero attached hydrogens (tertiary/aromatic N) is 3. The zero-order valence-corrected chi connectivity index (χ0v) is 19.8. The first-order valence-electron chi connectivity index (χ1n) is 10.0. The lowest BCUT2D eigenvalue weighted by atomic mass is 10.0. The molecule has 0 fully saturated rings. The van der Waals surface area contributed by atoms with Gasteiger partial charge in [-0.05, 0) is 46.4 Å². The number of anilines is 1. The lowest BCUT2D eigenvalue weighted by Gasteiger charge is -2.27. The van der Waals surface area contributed by atoms with Gasteiger partial charge in [-0.2, -0.15) is 0 Å². The van der Waals surface area contributed by atoms with Crippen LogP contribution in [0.2, 0.25) is 0 Å². The van der Waals surface area contributed by atoms with Crippen molar-refractivity contribution in [2.75, 3.05) is 60.3 Å². The molecule has 0 saturated heterocycles. The summed E-state index contributed by atoms with van der Waals surface area (Å²) in [6, 6.07) is 11.3. The van der Waals surface area contributed by atoms with Crippen LogP contribution >= 0.6 is 0 Å². The van der Waals surface area contributed by atoms with Crippen LogP contribution in [0.25, 0.3) is 0 Å². The monoisotopic (exact) mass is 465 g/mol. The van der Waals surface area contributed by atoms with Gasteiger partial charge in [0.05, 0.1) is 23.0 Å². The van der Waals surface area contributed by atoms with Crippen LogP contribution in [-0.4, -0.2) is 78.1 Å². The smallest absolute Gasteiger partial charge is 0.293 e. The van der Waals surface area contributed by atoms with Crippen LogP contribution in [0, 0.1) is 10.1 Å². The first-order chi connectivity index (χ1) is 15.1. The summed E-state index contributed by atoms with van der Waals surface area (Å²) in [5.41, 5.74) is 0.862. The van der Waals surface area contributed by atoms with E-state index in [1.165, 1.54) is 12.1 Å². The maximum Gasteiger partial charge on any atom is 0.293 e. The van der Waals surface area contributed by atoms with E-state index >= 15 is 0 Å². The fraction of sp³-hybridized carbons (Fsp3) is 0.429. The highest BCUT2D eigenvalue weighted by molar-refractivity contribution is 7.89. The third-order valence-electron chi connectivity index (χ3n) is 4.93. The van der Waals surface area contributed by atoms with E-state index < -0.39 is 14.9 Å². The molecule has 0 aliphatic rings. The maximum atomic E-state index is 12.5. The SMILES string of the molecule is COc1ccccc1C(CNc1ccc(S(=O)(=O)NCCN(C)C)cc1[N+](=O)[O-])N(C)C. The molecule has 11 heteroatoms. The van der Waals surface area contributed by atoms with Crippen molar-refractivity contribution in [1.29, 1.82) is 0 Å². The molecular weight excluding hydrogens is 434 g/mol. The molecular formula is C21H31N5O5S. The summed E-state index contributed by atoms with van der Waals surface area (Å²) >= 11 is 0. The average Bonchev–Trinajstić information content (AvgIpc) is 2.73. The minimum absolute atomic E-state index is 0.137. The van der Waals surface area contributed by atoms with Gasteiger partial charge in [0, 0.05) is 31.3 Å². The number of nitro groups is 1. The van der Waals surface area contributed by atoms with Crippen molar-refractivity contribution in [3.05, 3.63) is 58.1 Å². The number of para-hydroxylation sites is 1. The van der Waals surface area contributed by atoms with Crippen molar-refractivity contribution in [2.45, 2.75) is 10.9 Å². The van der Waals surface area contributed by atoms with Gasteiger partial charge in [-0.3, -0.25) is 10.1 Å². The Morgan fingerprint density at radius 3 is 2.41 bits per heavy atom. The van der Waals surface area contributed by atoms with E-state index in [2.05, 4.69) is 10.0 Å². The Hall–Kier alpha value is -2.73. The molecule has 0 aromatic heterocycles. The van der Waals surface area contributed by atoms with E-state index in [0.29, 0.717) is 18.8 Å². The summed E-state index contributed by atoms with van der Waals surface area (Å²) in [4.78, 5) is 14.7. The van der Waals surface area contributed by atoms with Gasteiger partial charge in [0.15, 0.2) is 0 Å². The minimum atomic E-state index is -3.86. The number of hydrogen-bond donors (Lipinski definition) is 2. The molecule has 2 aromatic rings. The molecule has 0 aliphatic carbocycles. The fourth-order valence-corrected chi connectivity index (χ4v) is 4.23. The summed E-state index contributed by atoms with van der Waals surface area (Å²) in [7, 11) is 5.19. The summed E-state index contributed by atoms with van der Waals surface area (Å²) < 4.78 is 32.9. The average molecular weight is 466 g/mol. The highest BCUT2D eigenvalue weighted by atomic mass is 32.2. The van der Waals surface area contributed by atoms with Crippen molar-refractivity contribution in [1.82, 2.24) is 14.5 Å². The lowest BCUT2D eigenvalue weighted by Crippen LogP contribution is -2.31. The van der Waals surface area contributed by atoms with E-state index in [-0.39, 0.29) is 28.9 Å². The zero-order valence-electron chi connectivity index (χ0n) is 19.0. The molecule has 2 aromatic carbocycles. The topological polar surface area (TPSA) is 117 Å². The fourth-order valence-electron chi connectivity index (χ4n) is 3.19. The predicted octanol–water partition coefficient (Wildman–Crippen LogP) is 2.16. The summed E-state index contributed by atoms with van der Waals surface area (Å²) in [6.45, 7) is 1.06. The number of methoxy groups -OCH3 is 1. The number of nitro benzene ring substituents is 1. The van der Waals surface area contributed by atoms with Crippen molar-refractivity contribution in [3.63, 3.8) is 0 Å². The van der Waals surface area contributed by atoms with Gasteiger partial charge in [-0.25, -0.2) is 13.1 Å². The summed E-state index contributed by atoms with van der Waals surface area (Å²) in [6.07, 6.45) is 0. The van der Waals surface area contributed by atoms with Crippen molar-refractivity contribution in [2.24, 2.45) is 0 Å². The largest absolute Gasteiger partial charge is 0.496 e. The number of hydrogen-bond acceptors (Lipinski definition) is 8. The summed E-state index contributed by atoms with van der Waals surface area (Å²) in [5, 5.41) is 14.8. The molecule has 176 valence electrons. The van der Waals surface area contributed by atoms with Gasteiger partial charge in [0.2, 0.25) is 10.0 Å². The van der Waals surface area contributed by atoms with Gasteiger partial charge in [-0.1, -0.05) is 18.2 Å². The molecule has 0 amide bonds. The van der Waals surface area contributed by atoms with Crippen LogP contribution in [0.3, 0.4) is 0 Å². The van der Waals surface area contributed by atoms with E-state index in [9.17, 15) is 18.5 Å². The molecule has 32 heavy (non-hydrogen) atoms. The van der Waals surface area contributed by atoms with E-state index in [1.54, 1.807) is 7.11 Å². The Labute approximate surface area is 189 Å². The Bertz CT molecular complexity index is 1030. The minimum Gasteiger partial charge on any atom is -0.496 e. The molecule has 2 rings (SSSR count). The Morgan fingerprint density at radius 2 is 1.81 bits per heavy atom. The number of benzene rings is 2. The second-order valence-corrected chi connectivity index (χ2v) is 9.51. The molecule has 0 spiro atoms. The second-order valence-electron chi connectivity index (χ2n) is 7.74. The number of likely N-dealkylation sites (N-methyl/N-ethyl adjacent to an activating group) is 2. The van der Waals surface area contributed by atoms with Crippen LogP contribution < -0.4 is 14.8 Å². The third kappa shape index (κ3) is 6.63. The molecule has 0 heterocycles. The molecule has 0 saturated carbocycles. The van der Waals surface area contributed by atoms with Crippen molar-refractivity contribution < 1.29 is 18.1 Å². The number of nitrogens with one attached hydrogen (secondary N) is 2. The van der Waals surface area contributed by atoms with Gasteiger partial charge >= 0.3 is 0 Å². The van der Waals surface area contributed by atoms with Crippen LogP contribution in [0.4, 0.5) is 11.4 Å². The number of sulfonamides is 1. The maximum absolute atomic E-state index is 12.5. The highest BCUT2D eigenvalue weighted by Crippen LogP contribution is 2.31. The third-order valence-corrected chi connectivity index (χ3v) is 6.39. The van der Waals surface area contributed by atoms with Gasteiger partial charge < -0.3 is 19.9 Å². The quantitative estimate of drug-likeness (QED) is 0.362. The van der Waals surface area contributed by atoms with Gasteiger partial charge in [-0.15, -0.1) is 0 Å². The zero-order chi connectivity index (χ0) is 23.9. The number of rotatable bonds is 12. The predicted molar refractivity (Wildman–Crippen MR) is 125 cm³/mol. The normalized spacial score (nSPS) is 12.7. The van der Waals surface area contributed by atoms with Crippen LogP contribution in [0.1, 0.15) is 11.6 Å². The first-order valence-corrected chi connectivity index (χ1v) is 11.5. The molecule has 10 nitrogen and oxygen atoms in total. The second kappa shape index (κ2) is 11.2. The Kier molecular flexibility index (Phi) is 8.96. The van der Waals surface area contributed by atoms with Crippen LogP contribution in [0.15, 0.2) is 47.4 Å². The molecule has 1 atom stereocenters. The highest BCUT2D eigenvalue weighted by Gasteiger charge is 2.23. The molecule has 0 bridgehead atoms. The van der Waals surface area contributed by atoms with Gasteiger partial charge in [0.1, 0.15) is 11.4 Å². The molecule has 2 N–H and O–H groups in total. The Morgan fingerprint density at radius 1 is 1.12 bits per heavy atom. The standard InChI is InChI=1S/C21H31N5O5S/c1-24(2)13-12-23-32(29,30)16-10-11-18(19(14-16)26(27)28)22-15-20(25(3)4)17-8-6-7-9-21(17)31-5/h6-11,14,20,22-23H,12-13,15H2,1-5H3. The van der Waals surface area contributed by atoms with Crippen LogP contribution in [-0.2, 0) is 10.0 Å². The van der Waals surface area contributed by atoms with E-state index in [4.69, 9.17) is 4.74 Å². The van der Waals surface area contributed by atoms with E-state index in [0.717, 1.165) is 11.6 Å². The molecule has 1 unspecified atom stereocenters. The number of ether oxygens (including phenoxy) is 1. The molecule has 0 aliphatic heterocycles. The lowest BCUT2D eigenvalue weighted by molar-refractivity contribution is -0.384. The first kappa shape index (κ1) is 25.5. The van der Waals surface area contributed by atoms with Crippen molar-refractivity contribution in [3.8, 4) is 5.75 Å². The summed E-state index contributed by atoms with van der Waals surface area (Å²) in [5.74, 6) is 0.715.